The predicted molar refractivity (Wildman–Crippen MR) is 150 cm³/mol. The zero-order valence-corrected chi connectivity index (χ0v) is 23.9. The molecule has 11 nitrogen and oxygen atoms in total. The maximum absolute atomic E-state index is 11.1. The number of rotatable bonds is 11. The molecular weight excluding hydrogens is 548 g/mol. The highest BCUT2D eigenvalue weighted by atomic mass is 16.6. The summed E-state index contributed by atoms with van der Waals surface area (Å²) in [6.45, 7) is 0.386. The molecule has 3 aromatic rings. The molecule has 11 heteroatoms. The Morgan fingerprint density at radius 3 is 1.90 bits per heavy atom. The van der Waals surface area contributed by atoms with Gasteiger partial charge in [0.05, 0.1) is 60.5 Å². The van der Waals surface area contributed by atoms with E-state index in [0.717, 1.165) is 11.1 Å². The number of aliphatic hydroxyl groups is 2. The molecule has 2 fully saturated rings. The minimum atomic E-state index is -1.35. The van der Waals surface area contributed by atoms with Crippen molar-refractivity contribution in [2.75, 3.05) is 48.3 Å². The molecule has 6 atom stereocenters. The van der Waals surface area contributed by atoms with Gasteiger partial charge in [0.1, 0.15) is 6.10 Å². The van der Waals surface area contributed by atoms with Gasteiger partial charge < -0.3 is 53.6 Å². The van der Waals surface area contributed by atoms with Crippen LogP contribution in [0.25, 0.3) is 0 Å². The summed E-state index contributed by atoms with van der Waals surface area (Å²) in [5, 5.41) is 41.4. The van der Waals surface area contributed by atoms with E-state index in [1.165, 1.54) is 34.5 Å². The van der Waals surface area contributed by atoms with Gasteiger partial charge in [-0.3, -0.25) is 0 Å². The molecule has 0 radical (unpaired) electrons. The van der Waals surface area contributed by atoms with Crippen LogP contribution < -0.4 is 23.7 Å². The highest BCUT2D eigenvalue weighted by Crippen LogP contribution is 2.53. The van der Waals surface area contributed by atoms with Crippen molar-refractivity contribution in [1.29, 1.82) is 0 Å². The first-order valence-corrected chi connectivity index (χ1v) is 13.5. The van der Waals surface area contributed by atoms with Crippen LogP contribution >= 0.6 is 0 Å². The maximum atomic E-state index is 11.1. The van der Waals surface area contributed by atoms with Crippen molar-refractivity contribution in [3.05, 3.63) is 65.2 Å². The molecule has 42 heavy (non-hydrogen) atoms. The molecule has 226 valence electrons. The van der Waals surface area contributed by atoms with Crippen molar-refractivity contribution >= 4 is 0 Å². The van der Waals surface area contributed by atoms with Crippen LogP contribution in [0.4, 0.5) is 0 Å². The Morgan fingerprint density at radius 1 is 0.738 bits per heavy atom. The number of aliphatic hydroxyl groups excluding tert-OH is 2. The Kier molecular flexibility index (Phi) is 8.83. The normalized spacial score (nSPS) is 22.7. The minimum absolute atomic E-state index is 0.0428. The molecule has 3 aromatic carbocycles. The van der Waals surface area contributed by atoms with Gasteiger partial charge in [-0.1, -0.05) is 18.2 Å². The van der Waals surface area contributed by atoms with E-state index in [1.54, 1.807) is 36.4 Å². The summed E-state index contributed by atoms with van der Waals surface area (Å²) in [5.41, 5.74) is 1.95. The minimum Gasteiger partial charge on any atom is -0.504 e. The maximum Gasteiger partial charge on any atom is 0.204 e. The van der Waals surface area contributed by atoms with E-state index in [2.05, 4.69) is 0 Å². The van der Waals surface area contributed by atoms with Crippen LogP contribution in [0.1, 0.15) is 35.0 Å². The molecular formula is C31H36O11. The SMILES string of the molecule is COc1cc([C@@H]2OC[C@@H]3[C@H]2CO[C@H]3c2cc(OC)c(O[C@@H](CO)[C@@H](O)c3cccc(O)c3OC)c(OC)c2)ccc1O. The fourth-order valence-corrected chi connectivity index (χ4v) is 5.84. The number of hydrogen-bond donors (Lipinski definition) is 4. The van der Waals surface area contributed by atoms with E-state index < -0.39 is 18.8 Å². The third-order valence-corrected chi connectivity index (χ3v) is 7.96. The predicted octanol–water partition coefficient (Wildman–Crippen LogP) is 3.68. The van der Waals surface area contributed by atoms with Gasteiger partial charge in [-0.05, 0) is 41.5 Å². The molecule has 2 heterocycles. The molecule has 0 spiro atoms. The summed E-state index contributed by atoms with van der Waals surface area (Å²) < 4.78 is 40.4. The van der Waals surface area contributed by atoms with Crippen molar-refractivity contribution in [3.63, 3.8) is 0 Å². The lowest BCUT2D eigenvalue weighted by Crippen LogP contribution is -2.30. The lowest BCUT2D eigenvalue weighted by Gasteiger charge is -2.27. The number of aromatic hydroxyl groups is 2. The number of ether oxygens (including phenoxy) is 7. The highest BCUT2D eigenvalue weighted by Gasteiger charge is 2.48. The molecule has 0 bridgehead atoms. The third-order valence-electron chi connectivity index (χ3n) is 7.96. The van der Waals surface area contributed by atoms with Crippen molar-refractivity contribution < 1.29 is 53.6 Å². The Balaban J connectivity index is 1.40. The lowest BCUT2D eigenvalue weighted by molar-refractivity contribution is -0.00302. The number of para-hydroxylation sites is 1. The molecule has 0 aliphatic carbocycles. The number of hydrogen-bond acceptors (Lipinski definition) is 11. The molecule has 2 saturated heterocycles. The van der Waals surface area contributed by atoms with E-state index >= 15 is 0 Å². The second-order valence-electron chi connectivity index (χ2n) is 10.2. The van der Waals surface area contributed by atoms with Gasteiger partial charge in [0.15, 0.2) is 40.6 Å². The van der Waals surface area contributed by atoms with Gasteiger partial charge in [-0.15, -0.1) is 0 Å². The summed E-state index contributed by atoms with van der Waals surface area (Å²) in [4.78, 5) is 0. The van der Waals surface area contributed by atoms with Crippen molar-refractivity contribution in [1.82, 2.24) is 0 Å². The van der Waals surface area contributed by atoms with Gasteiger partial charge in [-0.25, -0.2) is 0 Å². The smallest absolute Gasteiger partial charge is 0.204 e. The van der Waals surface area contributed by atoms with Gasteiger partial charge in [0.2, 0.25) is 5.75 Å². The van der Waals surface area contributed by atoms with Gasteiger partial charge in [-0.2, -0.15) is 0 Å². The van der Waals surface area contributed by atoms with E-state index in [0.29, 0.717) is 30.5 Å². The van der Waals surface area contributed by atoms with Crippen LogP contribution in [0.15, 0.2) is 48.5 Å². The second kappa shape index (κ2) is 12.5. The zero-order valence-electron chi connectivity index (χ0n) is 23.9. The molecule has 2 aliphatic heterocycles. The standard InChI is InChI=1S/C31H36O11/c1-36-23-10-16(8-9-21(23)33)28-19-14-41-29(20(19)15-40-28)17-11-24(37-2)31(25(12-17)38-3)42-26(13-32)27(35)18-6-5-7-22(34)30(18)39-4/h5-12,19-20,26-29,32-35H,13-15H2,1-4H3/t19-,20-,26+,27+,28+,29+/m1/s1. The van der Waals surface area contributed by atoms with E-state index in [9.17, 15) is 20.4 Å². The lowest BCUT2D eigenvalue weighted by atomic mass is 9.84. The average molecular weight is 585 g/mol. The monoisotopic (exact) mass is 584 g/mol. The van der Waals surface area contributed by atoms with Crippen LogP contribution in [0.5, 0.6) is 40.2 Å². The molecule has 0 amide bonds. The van der Waals surface area contributed by atoms with Crippen LogP contribution in [0, 0.1) is 11.8 Å². The Morgan fingerprint density at radius 2 is 1.33 bits per heavy atom. The molecule has 4 N–H and O–H groups in total. The molecule has 2 aliphatic rings. The Hall–Kier alpha value is -3.90. The number of phenolic OH excluding ortho intramolecular Hbond substituents is 2. The highest BCUT2D eigenvalue weighted by molar-refractivity contribution is 5.55. The first kappa shape index (κ1) is 29.6. The Bertz CT molecular complexity index is 1370. The van der Waals surface area contributed by atoms with Gasteiger partial charge in [0, 0.05) is 17.4 Å². The summed E-state index contributed by atoms with van der Waals surface area (Å²) in [6, 6.07) is 13.4. The zero-order chi connectivity index (χ0) is 30.0. The van der Waals surface area contributed by atoms with Crippen molar-refractivity contribution in [3.8, 4) is 40.2 Å². The third kappa shape index (κ3) is 5.36. The quantitative estimate of drug-likeness (QED) is 0.262. The number of phenols is 2. The van der Waals surface area contributed by atoms with E-state index in [4.69, 9.17) is 33.2 Å². The Labute approximate surface area is 243 Å². The first-order chi connectivity index (χ1) is 20.3. The van der Waals surface area contributed by atoms with Crippen LogP contribution in [0.2, 0.25) is 0 Å². The number of methoxy groups -OCH3 is 4. The summed E-state index contributed by atoms with van der Waals surface area (Å²) in [7, 11) is 5.85. The molecule has 5 rings (SSSR count). The van der Waals surface area contributed by atoms with Crippen molar-refractivity contribution in [2.24, 2.45) is 11.8 Å². The fourth-order valence-electron chi connectivity index (χ4n) is 5.84. The second-order valence-corrected chi connectivity index (χ2v) is 10.2. The van der Waals surface area contributed by atoms with E-state index in [1.807, 2.05) is 6.07 Å². The average Bonchev–Trinajstić information content (AvgIpc) is 3.62. The molecule has 0 saturated carbocycles. The number of benzene rings is 3. The molecule has 0 unspecified atom stereocenters. The van der Waals surface area contributed by atoms with Crippen molar-refractivity contribution in [2.45, 2.75) is 24.4 Å². The summed E-state index contributed by atoms with van der Waals surface area (Å²) >= 11 is 0. The first-order valence-electron chi connectivity index (χ1n) is 13.5. The number of fused-ring (bicyclic) bond motifs is 1. The van der Waals surface area contributed by atoms with E-state index in [-0.39, 0.29) is 52.6 Å². The topological polar surface area (TPSA) is 146 Å². The van der Waals surface area contributed by atoms with Gasteiger partial charge >= 0.3 is 0 Å². The molecule has 0 aromatic heterocycles. The summed E-state index contributed by atoms with van der Waals surface area (Å²) in [6.07, 6.45) is -3.03. The van der Waals surface area contributed by atoms with Crippen LogP contribution in [-0.4, -0.2) is 74.8 Å². The van der Waals surface area contributed by atoms with Gasteiger partial charge in [0.25, 0.3) is 0 Å². The van der Waals surface area contributed by atoms with Crippen LogP contribution in [0.3, 0.4) is 0 Å². The largest absolute Gasteiger partial charge is 0.504 e. The fraction of sp³-hybridized carbons (Fsp3) is 0.419. The van der Waals surface area contributed by atoms with Crippen LogP contribution in [-0.2, 0) is 9.47 Å². The summed E-state index contributed by atoms with van der Waals surface area (Å²) in [5.74, 6) is 1.33.